The molecule has 1 aromatic rings. The van der Waals surface area contributed by atoms with Gasteiger partial charge in [-0.05, 0) is 45.4 Å². The Morgan fingerprint density at radius 2 is 2.00 bits per heavy atom. The Morgan fingerprint density at radius 3 is 2.50 bits per heavy atom. The number of hydrogen-bond donors (Lipinski definition) is 1. The van der Waals surface area contributed by atoms with Crippen molar-refractivity contribution in [3.63, 3.8) is 0 Å². The molecule has 1 amide bonds. The molecule has 0 heterocycles. The van der Waals surface area contributed by atoms with Crippen LogP contribution in [0.2, 0.25) is 0 Å². The largest absolute Gasteiger partial charge is 0.443 e. The van der Waals surface area contributed by atoms with Gasteiger partial charge in [0.05, 0.1) is 4.90 Å². The molecular formula is C14H20BrNO5S. The second-order valence-electron chi connectivity index (χ2n) is 5.59. The van der Waals surface area contributed by atoms with E-state index in [0.717, 1.165) is 0 Å². The molecule has 8 heteroatoms. The topological polar surface area (TPSA) is 83.9 Å². The van der Waals surface area contributed by atoms with Crippen molar-refractivity contribution in [3.05, 3.63) is 28.7 Å². The van der Waals surface area contributed by atoms with Crippen molar-refractivity contribution in [1.29, 1.82) is 0 Å². The molecule has 0 bridgehead atoms. The van der Waals surface area contributed by atoms with Gasteiger partial charge in [-0.25, -0.2) is 17.5 Å². The van der Waals surface area contributed by atoms with Gasteiger partial charge in [0.1, 0.15) is 5.60 Å². The predicted molar refractivity (Wildman–Crippen MR) is 86.0 cm³/mol. The second kappa shape index (κ2) is 7.43. The first kappa shape index (κ1) is 18.9. The number of nitrogens with zero attached hydrogens (tertiary/aromatic N) is 1. The molecule has 0 atom stereocenters. The highest BCUT2D eigenvalue weighted by Gasteiger charge is 2.32. The van der Waals surface area contributed by atoms with E-state index in [9.17, 15) is 13.2 Å². The molecule has 0 spiro atoms. The molecule has 0 saturated heterocycles. The monoisotopic (exact) mass is 393 g/mol. The number of halogens is 1. The van der Waals surface area contributed by atoms with Gasteiger partial charge in [0.25, 0.3) is 10.0 Å². The van der Waals surface area contributed by atoms with E-state index in [1.165, 1.54) is 12.1 Å². The van der Waals surface area contributed by atoms with E-state index >= 15 is 0 Å². The van der Waals surface area contributed by atoms with E-state index in [0.29, 0.717) is 8.78 Å². The summed E-state index contributed by atoms with van der Waals surface area (Å²) in [6.07, 6.45) is -0.826. The standard InChI is InChI=1S/C14H20BrNO5S/c1-14(2,3)21-13(18)16(8-5-9-17)22(19,20)12-7-4-6-11(15)10-12/h4,6-7,10,17H,5,8-9H2,1-3H3. The van der Waals surface area contributed by atoms with E-state index in [4.69, 9.17) is 9.84 Å². The van der Waals surface area contributed by atoms with Gasteiger partial charge in [0, 0.05) is 17.6 Å². The third-order valence-corrected chi connectivity index (χ3v) is 4.76. The molecule has 0 aromatic heterocycles. The molecule has 0 fully saturated rings. The molecule has 0 aliphatic carbocycles. The number of carbonyl (C=O) groups is 1. The van der Waals surface area contributed by atoms with Crippen LogP contribution in [0.4, 0.5) is 4.79 Å². The highest BCUT2D eigenvalue weighted by molar-refractivity contribution is 9.10. The minimum atomic E-state index is -4.05. The van der Waals surface area contributed by atoms with Crippen LogP contribution in [-0.2, 0) is 14.8 Å². The van der Waals surface area contributed by atoms with Crippen LogP contribution in [0.1, 0.15) is 27.2 Å². The van der Waals surface area contributed by atoms with Gasteiger partial charge in [-0.15, -0.1) is 0 Å². The second-order valence-corrected chi connectivity index (χ2v) is 8.37. The fourth-order valence-electron chi connectivity index (χ4n) is 1.59. The Labute approximate surface area is 139 Å². The van der Waals surface area contributed by atoms with Crippen LogP contribution >= 0.6 is 15.9 Å². The van der Waals surface area contributed by atoms with Crippen molar-refractivity contribution < 1.29 is 23.1 Å². The van der Waals surface area contributed by atoms with Crippen LogP contribution < -0.4 is 0 Å². The zero-order chi connectivity index (χ0) is 17.0. The Balaban J connectivity index is 3.17. The minimum absolute atomic E-state index is 0.0225. The first-order valence-corrected chi connectivity index (χ1v) is 8.93. The van der Waals surface area contributed by atoms with Gasteiger partial charge in [-0.3, -0.25) is 0 Å². The number of hydrogen-bond acceptors (Lipinski definition) is 5. The molecule has 1 rings (SSSR count). The normalized spacial score (nSPS) is 12.0. The first-order chi connectivity index (χ1) is 10.1. The fourth-order valence-corrected chi connectivity index (χ4v) is 3.53. The Kier molecular flexibility index (Phi) is 6.39. The number of amides is 1. The van der Waals surface area contributed by atoms with Crippen LogP contribution in [0, 0.1) is 0 Å². The third-order valence-electron chi connectivity index (χ3n) is 2.50. The number of rotatable bonds is 5. The van der Waals surface area contributed by atoms with Crippen molar-refractivity contribution >= 4 is 32.0 Å². The predicted octanol–water partition coefficient (Wildman–Crippen LogP) is 2.76. The van der Waals surface area contributed by atoms with Gasteiger partial charge >= 0.3 is 6.09 Å². The lowest BCUT2D eigenvalue weighted by Crippen LogP contribution is -2.41. The minimum Gasteiger partial charge on any atom is -0.443 e. The molecular weight excluding hydrogens is 374 g/mol. The molecule has 0 saturated carbocycles. The SMILES string of the molecule is CC(C)(C)OC(=O)N(CCCO)S(=O)(=O)c1cccc(Br)c1. The molecule has 124 valence electrons. The number of carbonyl (C=O) groups excluding carboxylic acids is 1. The fraction of sp³-hybridized carbons (Fsp3) is 0.500. The lowest BCUT2D eigenvalue weighted by molar-refractivity contribution is 0.0385. The summed E-state index contributed by atoms with van der Waals surface area (Å²) in [5, 5.41) is 8.93. The van der Waals surface area contributed by atoms with E-state index in [1.54, 1.807) is 32.9 Å². The number of sulfonamides is 1. The molecule has 0 unspecified atom stereocenters. The van der Waals surface area contributed by atoms with Crippen LogP contribution in [0.15, 0.2) is 33.6 Å². The molecule has 0 aliphatic heterocycles. The lowest BCUT2D eigenvalue weighted by Gasteiger charge is -2.26. The van der Waals surface area contributed by atoms with Crippen LogP contribution in [0.25, 0.3) is 0 Å². The van der Waals surface area contributed by atoms with Gasteiger partial charge in [-0.2, -0.15) is 0 Å². The van der Waals surface area contributed by atoms with Gasteiger partial charge in [0.15, 0.2) is 0 Å². The quantitative estimate of drug-likeness (QED) is 0.830. The van der Waals surface area contributed by atoms with Crippen molar-refractivity contribution in [2.75, 3.05) is 13.2 Å². The number of benzene rings is 1. The number of aliphatic hydroxyl groups is 1. The van der Waals surface area contributed by atoms with Crippen molar-refractivity contribution in [2.45, 2.75) is 37.7 Å². The molecule has 22 heavy (non-hydrogen) atoms. The molecule has 1 N–H and O–H groups in total. The molecule has 0 aliphatic rings. The maximum absolute atomic E-state index is 12.6. The van der Waals surface area contributed by atoms with E-state index < -0.39 is 21.7 Å². The zero-order valence-electron chi connectivity index (χ0n) is 12.7. The summed E-state index contributed by atoms with van der Waals surface area (Å²) in [6, 6.07) is 6.06. The first-order valence-electron chi connectivity index (χ1n) is 6.70. The van der Waals surface area contributed by atoms with Gasteiger partial charge < -0.3 is 9.84 Å². The average molecular weight is 394 g/mol. The smallest absolute Gasteiger partial charge is 0.424 e. The average Bonchev–Trinajstić information content (AvgIpc) is 2.36. The summed E-state index contributed by atoms with van der Waals surface area (Å²) >= 11 is 3.20. The van der Waals surface area contributed by atoms with Crippen molar-refractivity contribution in [2.24, 2.45) is 0 Å². The van der Waals surface area contributed by atoms with Crippen LogP contribution in [-0.4, -0.2) is 42.7 Å². The summed E-state index contributed by atoms with van der Waals surface area (Å²) in [7, 11) is -4.05. The van der Waals surface area contributed by atoms with Gasteiger partial charge in [0.2, 0.25) is 0 Å². The summed E-state index contributed by atoms with van der Waals surface area (Å²) in [5.74, 6) is 0. The summed E-state index contributed by atoms with van der Waals surface area (Å²) < 4.78 is 31.7. The number of aliphatic hydroxyl groups excluding tert-OH is 1. The lowest BCUT2D eigenvalue weighted by atomic mass is 10.2. The highest BCUT2D eigenvalue weighted by atomic mass is 79.9. The highest BCUT2D eigenvalue weighted by Crippen LogP contribution is 2.22. The van der Waals surface area contributed by atoms with Gasteiger partial charge in [-0.1, -0.05) is 22.0 Å². The van der Waals surface area contributed by atoms with Crippen LogP contribution in [0.3, 0.4) is 0 Å². The molecule has 6 nitrogen and oxygen atoms in total. The summed E-state index contributed by atoms with van der Waals surface area (Å²) in [6.45, 7) is 4.58. The Morgan fingerprint density at radius 1 is 1.36 bits per heavy atom. The molecule has 0 radical (unpaired) electrons. The number of ether oxygens (including phenoxy) is 1. The maximum atomic E-state index is 12.6. The zero-order valence-corrected chi connectivity index (χ0v) is 15.1. The van der Waals surface area contributed by atoms with E-state index in [-0.39, 0.29) is 24.5 Å². The maximum Gasteiger partial charge on any atom is 0.424 e. The Bertz CT molecular complexity index is 624. The summed E-state index contributed by atoms with van der Waals surface area (Å²) in [4.78, 5) is 12.2. The molecule has 1 aromatic carbocycles. The summed E-state index contributed by atoms with van der Waals surface area (Å²) in [5.41, 5.74) is -0.818. The van der Waals surface area contributed by atoms with Crippen molar-refractivity contribution in [3.8, 4) is 0 Å². The van der Waals surface area contributed by atoms with Crippen molar-refractivity contribution in [1.82, 2.24) is 4.31 Å². The Hall–Kier alpha value is -1.12. The van der Waals surface area contributed by atoms with E-state index in [2.05, 4.69) is 15.9 Å². The van der Waals surface area contributed by atoms with E-state index in [1.807, 2.05) is 0 Å². The van der Waals surface area contributed by atoms with Crippen LogP contribution in [0.5, 0.6) is 0 Å². The third kappa shape index (κ3) is 5.26.